The minimum atomic E-state index is -3.89. The Morgan fingerprint density at radius 3 is 2.33 bits per heavy atom. The minimum Gasteiger partial charge on any atom is -0.398 e. The third-order valence-corrected chi connectivity index (χ3v) is 4.19. The summed E-state index contributed by atoms with van der Waals surface area (Å²) in [6.45, 7) is 4.57. The zero-order chi connectivity index (χ0) is 14.1. The lowest BCUT2D eigenvalue weighted by Crippen LogP contribution is -2.52. The van der Waals surface area contributed by atoms with Gasteiger partial charge in [0.05, 0.1) is 5.69 Å². The van der Waals surface area contributed by atoms with Gasteiger partial charge >= 0.3 is 0 Å². The van der Waals surface area contributed by atoms with E-state index in [1.165, 1.54) is 19.9 Å². The second-order valence-electron chi connectivity index (χ2n) is 4.64. The van der Waals surface area contributed by atoms with Gasteiger partial charge in [0.2, 0.25) is 15.9 Å². The Labute approximate surface area is 106 Å². The third-order valence-electron chi connectivity index (χ3n) is 2.46. The van der Waals surface area contributed by atoms with Gasteiger partial charge < -0.3 is 11.5 Å². The summed E-state index contributed by atoms with van der Waals surface area (Å²) in [6, 6.07) is 4.57. The number of carbonyl (C=O) groups is 1. The molecule has 0 unspecified atom stereocenters. The van der Waals surface area contributed by atoms with Crippen LogP contribution in [0.3, 0.4) is 0 Å². The van der Waals surface area contributed by atoms with E-state index in [0.717, 1.165) is 5.56 Å². The molecule has 100 valence electrons. The predicted octanol–water partition coefficient (Wildman–Crippen LogP) is 0.119. The van der Waals surface area contributed by atoms with Gasteiger partial charge in [0.25, 0.3) is 0 Å². The van der Waals surface area contributed by atoms with Gasteiger partial charge in [-0.15, -0.1) is 0 Å². The van der Waals surface area contributed by atoms with Gasteiger partial charge in [-0.1, -0.05) is 6.07 Å². The summed E-state index contributed by atoms with van der Waals surface area (Å²) in [6.07, 6.45) is 0. The zero-order valence-corrected chi connectivity index (χ0v) is 11.3. The molecule has 5 N–H and O–H groups in total. The summed E-state index contributed by atoms with van der Waals surface area (Å²) in [5.74, 6) is -0.767. The van der Waals surface area contributed by atoms with Crippen LogP contribution in [0, 0.1) is 6.92 Å². The maximum absolute atomic E-state index is 12.1. The SMILES string of the molecule is Cc1ccc(S(=O)(=O)NC(C)(C)C(N)=O)c(N)c1. The number of amides is 1. The number of rotatable bonds is 4. The van der Waals surface area contributed by atoms with E-state index in [4.69, 9.17) is 11.5 Å². The summed E-state index contributed by atoms with van der Waals surface area (Å²) in [5.41, 5.74) is 10.4. The molecule has 0 saturated carbocycles. The largest absolute Gasteiger partial charge is 0.398 e. The van der Waals surface area contributed by atoms with E-state index < -0.39 is 21.5 Å². The molecule has 1 aromatic rings. The number of hydrogen-bond acceptors (Lipinski definition) is 4. The van der Waals surface area contributed by atoms with Crippen molar-refractivity contribution >= 4 is 21.6 Å². The molecule has 0 aliphatic carbocycles. The fourth-order valence-corrected chi connectivity index (χ4v) is 2.85. The Morgan fingerprint density at radius 2 is 1.89 bits per heavy atom. The van der Waals surface area contributed by atoms with E-state index in [0.29, 0.717) is 0 Å². The van der Waals surface area contributed by atoms with E-state index in [1.54, 1.807) is 19.1 Å². The van der Waals surface area contributed by atoms with Crippen molar-refractivity contribution in [2.24, 2.45) is 5.73 Å². The number of benzene rings is 1. The number of hydrogen-bond donors (Lipinski definition) is 3. The molecule has 1 amide bonds. The van der Waals surface area contributed by atoms with Gasteiger partial charge in [-0.05, 0) is 38.5 Å². The van der Waals surface area contributed by atoms with Crippen LogP contribution in [0.15, 0.2) is 23.1 Å². The summed E-state index contributed by atoms with van der Waals surface area (Å²) >= 11 is 0. The first-order valence-electron chi connectivity index (χ1n) is 5.26. The first kappa shape index (κ1) is 14.5. The highest BCUT2D eigenvalue weighted by Gasteiger charge is 2.32. The molecule has 18 heavy (non-hydrogen) atoms. The third kappa shape index (κ3) is 2.99. The molecule has 0 saturated heterocycles. The molecule has 0 spiro atoms. The predicted molar refractivity (Wildman–Crippen MR) is 69.2 cm³/mol. The molecule has 7 heteroatoms. The second-order valence-corrected chi connectivity index (χ2v) is 6.29. The molecule has 6 nitrogen and oxygen atoms in total. The van der Waals surface area contributed by atoms with Crippen LogP contribution in [0.2, 0.25) is 0 Å². The first-order chi connectivity index (χ1) is 8.06. The molecule has 1 aromatic carbocycles. The molecule has 0 aliphatic heterocycles. The normalized spacial score (nSPS) is 12.4. The van der Waals surface area contributed by atoms with Gasteiger partial charge in [-0.3, -0.25) is 4.79 Å². The molecule has 0 fully saturated rings. The van der Waals surface area contributed by atoms with Crippen LogP contribution in [0.1, 0.15) is 19.4 Å². The molecule has 0 aliphatic rings. The van der Waals surface area contributed by atoms with Crippen LogP contribution < -0.4 is 16.2 Å². The lowest BCUT2D eigenvalue weighted by molar-refractivity contribution is -0.122. The molecule has 0 radical (unpaired) electrons. The molecule has 0 atom stereocenters. The van der Waals surface area contributed by atoms with E-state index in [1.807, 2.05) is 0 Å². The van der Waals surface area contributed by atoms with Crippen molar-refractivity contribution < 1.29 is 13.2 Å². The van der Waals surface area contributed by atoms with Crippen molar-refractivity contribution in [2.45, 2.75) is 31.2 Å². The fourth-order valence-electron chi connectivity index (χ4n) is 1.35. The van der Waals surface area contributed by atoms with Crippen molar-refractivity contribution in [3.8, 4) is 0 Å². The van der Waals surface area contributed by atoms with Gasteiger partial charge in [0.15, 0.2) is 0 Å². The van der Waals surface area contributed by atoms with Crippen molar-refractivity contribution in [3.63, 3.8) is 0 Å². The van der Waals surface area contributed by atoms with E-state index >= 15 is 0 Å². The summed E-state index contributed by atoms with van der Waals surface area (Å²) < 4.78 is 26.4. The number of nitrogen functional groups attached to an aromatic ring is 1. The van der Waals surface area contributed by atoms with Gasteiger partial charge in [-0.25, -0.2) is 8.42 Å². The number of sulfonamides is 1. The first-order valence-corrected chi connectivity index (χ1v) is 6.74. The fraction of sp³-hybridized carbons (Fsp3) is 0.364. The highest BCUT2D eigenvalue weighted by molar-refractivity contribution is 7.89. The van der Waals surface area contributed by atoms with E-state index in [9.17, 15) is 13.2 Å². The molecule has 1 rings (SSSR count). The standard InChI is InChI=1S/C11H17N3O3S/c1-7-4-5-9(8(12)6-7)18(16,17)14-11(2,3)10(13)15/h4-6,14H,12H2,1-3H3,(H2,13,15). The lowest BCUT2D eigenvalue weighted by Gasteiger charge is -2.22. The molecule has 0 heterocycles. The average molecular weight is 271 g/mol. The Kier molecular flexibility index (Phi) is 3.68. The van der Waals surface area contributed by atoms with Crippen LogP contribution >= 0.6 is 0 Å². The number of carbonyl (C=O) groups excluding carboxylic acids is 1. The maximum atomic E-state index is 12.1. The van der Waals surface area contributed by atoms with E-state index in [-0.39, 0.29) is 10.6 Å². The topological polar surface area (TPSA) is 115 Å². The quantitative estimate of drug-likeness (QED) is 0.674. The zero-order valence-electron chi connectivity index (χ0n) is 10.5. The summed E-state index contributed by atoms with van der Waals surface area (Å²) in [4.78, 5) is 11.1. The van der Waals surface area contributed by atoms with Crippen molar-refractivity contribution in [3.05, 3.63) is 23.8 Å². The summed E-state index contributed by atoms with van der Waals surface area (Å²) in [7, 11) is -3.89. The minimum absolute atomic E-state index is 0.0672. The van der Waals surface area contributed by atoms with E-state index in [2.05, 4.69) is 4.72 Å². The average Bonchev–Trinajstić information content (AvgIpc) is 2.14. The Morgan fingerprint density at radius 1 is 1.33 bits per heavy atom. The van der Waals surface area contributed by atoms with Crippen LogP contribution in [0.4, 0.5) is 5.69 Å². The second kappa shape index (κ2) is 4.58. The molecular weight excluding hydrogens is 254 g/mol. The van der Waals surface area contributed by atoms with Crippen molar-refractivity contribution in [1.29, 1.82) is 0 Å². The van der Waals surface area contributed by atoms with Crippen LogP contribution in [-0.4, -0.2) is 19.9 Å². The Hall–Kier alpha value is -1.60. The smallest absolute Gasteiger partial charge is 0.243 e. The number of primary amides is 1. The van der Waals surface area contributed by atoms with Gasteiger partial charge in [-0.2, -0.15) is 4.72 Å². The monoisotopic (exact) mass is 271 g/mol. The highest BCUT2D eigenvalue weighted by atomic mass is 32.2. The van der Waals surface area contributed by atoms with Gasteiger partial charge in [0.1, 0.15) is 10.4 Å². The summed E-state index contributed by atoms with van der Waals surface area (Å²) in [5, 5.41) is 0. The van der Waals surface area contributed by atoms with Crippen LogP contribution in [0.5, 0.6) is 0 Å². The number of nitrogens with one attached hydrogen (secondary N) is 1. The number of aryl methyl sites for hydroxylation is 1. The number of anilines is 1. The van der Waals surface area contributed by atoms with Crippen LogP contribution in [0.25, 0.3) is 0 Å². The maximum Gasteiger partial charge on any atom is 0.243 e. The van der Waals surface area contributed by atoms with Crippen LogP contribution in [-0.2, 0) is 14.8 Å². The molecule has 0 bridgehead atoms. The van der Waals surface area contributed by atoms with Crippen molar-refractivity contribution in [2.75, 3.05) is 5.73 Å². The number of nitrogens with two attached hydrogens (primary N) is 2. The highest BCUT2D eigenvalue weighted by Crippen LogP contribution is 2.21. The van der Waals surface area contributed by atoms with Gasteiger partial charge in [0, 0.05) is 0 Å². The Balaban J connectivity index is 3.19. The molecule has 0 aromatic heterocycles. The molecular formula is C11H17N3O3S. The Bertz CT molecular complexity index is 579. The van der Waals surface area contributed by atoms with Crippen molar-refractivity contribution in [1.82, 2.24) is 4.72 Å². The lowest BCUT2D eigenvalue weighted by atomic mass is 10.1.